The third kappa shape index (κ3) is 10.1. The third-order valence-electron chi connectivity index (χ3n) is 4.27. The second kappa shape index (κ2) is 17.3. The highest BCUT2D eigenvalue weighted by Crippen LogP contribution is 2.44. The molecule has 1 unspecified atom stereocenters. The van der Waals surface area contributed by atoms with Crippen molar-refractivity contribution in [3.8, 4) is 0 Å². The summed E-state index contributed by atoms with van der Waals surface area (Å²) in [6.45, 7) is 18.7. The van der Waals surface area contributed by atoms with Crippen LogP contribution in [0.2, 0.25) is 0 Å². The Labute approximate surface area is 162 Å². The summed E-state index contributed by atoms with van der Waals surface area (Å²) in [5.74, 6) is 0.617. The summed E-state index contributed by atoms with van der Waals surface area (Å²) in [5, 5.41) is 6.57. The van der Waals surface area contributed by atoms with Crippen molar-refractivity contribution in [2.24, 2.45) is 5.92 Å². The lowest BCUT2D eigenvalue weighted by molar-refractivity contribution is -0.126. The van der Waals surface area contributed by atoms with E-state index in [-0.39, 0.29) is 18.1 Å². The van der Waals surface area contributed by atoms with Crippen molar-refractivity contribution in [1.29, 1.82) is 0 Å². The molecule has 154 valence electrons. The van der Waals surface area contributed by atoms with Gasteiger partial charge in [0.1, 0.15) is 6.61 Å². The molecule has 1 aliphatic heterocycles. The number of rotatable bonds is 7. The van der Waals surface area contributed by atoms with Crippen LogP contribution < -0.4 is 10.6 Å². The Morgan fingerprint density at radius 3 is 2.15 bits per heavy atom. The average molecular weight is 369 g/mol. The van der Waals surface area contributed by atoms with Gasteiger partial charge in [-0.1, -0.05) is 59.8 Å². The summed E-state index contributed by atoms with van der Waals surface area (Å²) >= 11 is 0. The van der Waals surface area contributed by atoms with Gasteiger partial charge in [-0.25, -0.2) is 0 Å². The zero-order chi connectivity index (χ0) is 20.4. The monoisotopic (exact) mass is 368 g/mol. The normalized spacial score (nSPS) is 20.0. The van der Waals surface area contributed by atoms with Gasteiger partial charge in [-0.3, -0.25) is 4.79 Å². The van der Waals surface area contributed by atoms with E-state index in [9.17, 15) is 4.79 Å². The molecule has 1 aliphatic carbocycles. The molecular formula is C22H44N2O2. The van der Waals surface area contributed by atoms with Gasteiger partial charge in [-0.05, 0) is 51.1 Å². The number of ether oxygens (including phenoxy) is 1. The molecule has 0 radical (unpaired) electrons. The molecule has 1 atom stereocenters. The predicted molar refractivity (Wildman–Crippen MR) is 115 cm³/mol. The van der Waals surface area contributed by atoms with Gasteiger partial charge in [0.2, 0.25) is 5.91 Å². The van der Waals surface area contributed by atoms with Crippen molar-refractivity contribution in [1.82, 2.24) is 10.6 Å². The molecule has 2 fully saturated rings. The maximum atomic E-state index is 12.0. The number of carbonyl (C=O) groups is 1. The van der Waals surface area contributed by atoms with Crippen LogP contribution in [0.1, 0.15) is 74.7 Å². The van der Waals surface area contributed by atoms with Crippen LogP contribution in [-0.2, 0) is 9.53 Å². The lowest BCUT2D eigenvalue weighted by atomic mass is 9.96. The van der Waals surface area contributed by atoms with Gasteiger partial charge in [-0.15, -0.1) is 0 Å². The molecule has 0 aromatic carbocycles. The van der Waals surface area contributed by atoms with E-state index in [2.05, 4.69) is 10.6 Å². The van der Waals surface area contributed by atoms with E-state index in [1.807, 2.05) is 73.6 Å². The van der Waals surface area contributed by atoms with Gasteiger partial charge in [0.15, 0.2) is 0 Å². The largest absolute Gasteiger partial charge is 0.367 e. The quantitative estimate of drug-likeness (QED) is 0.631. The summed E-state index contributed by atoms with van der Waals surface area (Å²) in [6.07, 6.45) is 9.39. The highest BCUT2D eigenvalue weighted by Gasteiger charge is 2.50. The van der Waals surface area contributed by atoms with Crippen LogP contribution in [-0.4, -0.2) is 37.7 Å². The molecule has 26 heavy (non-hydrogen) atoms. The highest BCUT2D eigenvalue weighted by atomic mass is 16.5. The van der Waals surface area contributed by atoms with Crippen molar-refractivity contribution in [2.75, 3.05) is 26.3 Å². The van der Waals surface area contributed by atoms with Gasteiger partial charge in [0, 0.05) is 12.1 Å². The zero-order valence-electron chi connectivity index (χ0n) is 18.6. The van der Waals surface area contributed by atoms with Gasteiger partial charge in [-0.2, -0.15) is 0 Å². The summed E-state index contributed by atoms with van der Waals surface area (Å²) in [6, 6.07) is 0. The number of carbonyl (C=O) groups excluding carboxylic acids is 1. The standard InChI is InChI=1S/C16H26N2O2.3C2H6/c1-3-5-13(4-2)11-20-12-15(19)18-16(7-8-16)14-6-9-17-10-14;3*1-2/h3-5,14,17H,6-12H2,1-2H3,(H,18,19);3*1-2H3/b5-3-,13-4+;;;. The van der Waals surface area contributed by atoms with E-state index >= 15 is 0 Å². The molecule has 0 aromatic heterocycles. The average Bonchev–Trinajstić information content (AvgIpc) is 3.25. The van der Waals surface area contributed by atoms with Gasteiger partial charge < -0.3 is 15.4 Å². The molecule has 1 saturated carbocycles. The van der Waals surface area contributed by atoms with E-state index in [0.717, 1.165) is 31.5 Å². The zero-order valence-corrected chi connectivity index (χ0v) is 18.6. The predicted octanol–water partition coefficient (Wildman–Crippen LogP) is 4.86. The van der Waals surface area contributed by atoms with Crippen molar-refractivity contribution in [3.05, 3.63) is 23.8 Å². The minimum Gasteiger partial charge on any atom is -0.367 e. The van der Waals surface area contributed by atoms with Crippen LogP contribution in [0.15, 0.2) is 23.8 Å². The first-order chi connectivity index (χ1) is 12.7. The van der Waals surface area contributed by atoms with E-state index in [1.54, 1.807) is 0 Å². The van der Waals surface area contributed by atoms with Crippen LogP contribution in [0.3, 0.4) is 0 Å². The molecule has 2 aliphatic rings. The number of hydrogen-bond donors (Lipinski definition) is 2. The number of nitrogens with one attached hydrogen (secondary N) is 2. The Kier molecular flexibility index (Phi) is 18.0. The Hall–Kier alpha value is -1.13. The molecule has 1 heterocycles. The van der Waals surface area contributed by atoms with E-state index < -0.39 is 0 Å². The molecular weight excluding hydrogens is 324 g/mol. The summed E-state index contributed by atoms with van der Waals surface area (Å²) < 4.78 is 5.49. The van der Waals surface area contributed by atoms with Crippen molar-refractivity contribution < 1.29 is 9.53 Å². The number of hydrogen-bond acceptors (Lipinski definition) is 3. The summed E-state index contributed by atoms with van der Waals surface area (Å²) in [4.78, 5) is 12.0. The molecule has 0 bridgehead atoms. The van der Waals surface area contributed by atoms with Crippen LogP contribution >= 0.6 is 0 Å². The summed E-state index contributed by atoms with van der Waals surface area (Å²) in [7, 11) is 0. The van der Waals surface area contributed by atoms with Crippen molar-refractivity contribution in [2.45, 2.75) is 80.2 Å². The molecule has 0 spiro atoms. The minimum absolute atomic E-state index is 0.0188. The first-order valence-corrected chi connectivity index (χ1v) is 10.6. The molecule has 4 heteroatoms. The van der Waals surface area contributed by atoms with Gasteiger partial charge in [0.25, 0.3) is 0 Å². The minimum atomic E-state index is 0.0188. The molecule has 2 rings (SSSR count). The molecule has 2 N–H and O–H groups in total. The summed E-state index contributed by atoms with van der Waals surface area (Å²) in [5.41, 5.74) is 1.16. The van der Waals surface area contributed by atoms with E-state index in [1.165, 1.54) is 6.42 Å². The third-order valence-corrected chi connectivity index (χ3v) is 4.27. The topological polar surface area (TPSA) is 50.4 Å². The Bertz CT molecular complexity index is 393. The fourth-order valence-corrected chi connectivity index (χ4v) is 2.91. The number of amides is 1. The SMILES string of the molecule is C/C=C\C(=C/C)COCC(=O)NC1(C2CCNC2)CC1.CC.CC.CC. The molecule has 4 nitrogen and oxygen atoms in total. The maximum absolute atomic E-state index is 12.0. The fourth-order valence-electron chi connectivity index (χ4n) is 2.91. The van der Waals surface area contributed by atoms with Crippen LogP contribution in [0, 0.1) is 5.92 Å². The first-order valence-electron chi connectivity index (χ1n) is 10.6. The fraction of sp³-hybridized carbons (Fsp3) is 0.773. The van der Waals surface area contributed by atoms with Gasteiger partial charge >= 0.3 is 0 Å². The molecule has 1 saturated heterocycles. The maximum Gasteiger partial charge on any atom is 0.246 e. The Balaban J connectivity index is 0. The molecule has 0 aromatic rings. The van der Waals surface area contributed by atoms with Crippen molar-refractivity contribution >= 4 is 5.91 Å². The highest BCUT2D eigenvalue weighted by molar-refractivity contribution is 5.78. The van der Waals surface area contributed by atoms with Crippen LogP contribution in [0.4, 0.5) is 0 Å². The van der Waals surface area contributed by atoms with Gasteiger partial charge in [0.05, 0.1) is 6.61 Å². The van der Waals surface area contributed by atoms with E-state index in [4.69, 9.17) is 4.74 Å². The van der Waals surface area contributed by atoms with Crippen molar-refractivity contribution in [3.63, 3.8) is 0 Å². The molecule has 1 amide bonds. The second-order valence-electron chi connectivity index (χ2n) is 5.75. The van der Waals surface area contributed by atoms with E-state index in [0.29, 0.717) is 12.5 Å². The Morgan fingerprint density at radius 2 is 1.73 bits per heavy atom. The van der Waals surface area contributed by atoms with Crippen LogP contribution in [0.5, 0.6) is 0 Å². The van der Waals surface area contributed by atoms with Crippen LogP contribution in [0.25, 0.3) is 0 Å². The Morgan fingerprint density at radius 1 is 1.12 bits per heavy atom. The number of allylic oxidation sites excluding steroid dienone is 2. The lowest BCUT2D eigenvalue weighted by Gasteiger charge is -2.23. The first kappa shape index (κ1) is 27.1. The second-order valence-corrected chi connectivity index (χ2v) is 5.75. The smallest absolute Gasteiger partial charge is 0.246 e. The lowest BCUT2D eigenvalue weighted by Crippen LogP contribution is -2.45.